The van der Waals surface area contributed by atoms with Gasteiger partial charge in [0.15, 0.2) is 0 Å². The van der Waals surface area contributed by atoms with Crippen LogP contribution in [-0.2, 0) is 5.79 Å². The summed E-state index contributed by atoms with van der Waals surface area (Å²) in [4.78, 5) is 16.3. The summed E-state index contributed by atoms with van der Waals surface area (Å²) in [6.45, 7) is 2.30. The molecule has 6 heterocycles. The molecule has 0 saturated heterocycles. The third kappa shape index (κ3) is 1.91. The van der Waals surface area contributed by atoms with Gasteiger partial charge < -0.3 is 0 Å². The Hall–Kier alpha value is -5.36. The van der Waals surface area contributed by atoms with Crippen LogP contribution >= 0.6 is 0 Å². The molecule has 11 rings (SSSR count). The van der Waals surface area contributed by atoms with E-state index in [2.05, 4.69) is 118 Å². The van der Waals surface area contributed by atoms with Crippen LogP contribution in [0.1, 0.15) is 18.1 Å². The molecule has 0 fully saturated rings. The number of amidine groups is 2. The highest BCUT2D eigenvalue weighted by Gasteiger charge is 2.57. The lowest BCUT2D eigenvalue weighted by molar-refractivity contribution is -0.550. The molecule has 1 atom stereocenters. The summed E-state index contributed by atoms with van der Waals surface area (Å²) in [5, 5.41) is 9.35. The highest BCUT2D eigenvalue weighted by atomic mass is 15.6. The smallest absolute Gasteiger partial charge is 0.240 e. The van der Waals surface area contributed by atoms with E-state index >= 15 is 0 Å². The van der Waals surface area contributed by atoms with Gasteiger partial charge in [0.1, 0.15) is 11.3 Å². The van der Waals surface area contributed by atoms with Gasteiger partial charge in [-0.2, -0.15) is 4.58 Å². The van der Waals surface area contributed by atoms with Crippen LogP contribution in [0.5, 0.6) is 0 Å². The molecule has 2 aromatic heterocycles. The number of aliphatic imine (C=N–C) groups is 1. The summed E-state index contributed by atoms with van der Waals surface area (Å²) < 4.78 is 7.03. The summed E-state index contributed by atoms with van der Waals surface area (Å²) in [7, 11) is 0. The van der Waals surface area contributed by atoms with E-state index in [4.69, 9.17) is 15.0 Å². The second kappa shape index (κ2) is 6.10. The molecule has 7 aromatic rings. The molecule has 0 bridgehead atoms. The van der Waals surface area contributed by atoms with Crippen LogP contribution < -0.4 is 11.0 Å². The topological polar surface area (TPSA) is 49.9 Å². The quantitative estimate of drug-likeness (QED) is 0.230. The van der Waals surface area contributed by atoms with Crippen molar-refractivity contribution < 1.29 is 4.58 Å². The van der Waals surface area contributed by atoms with E-state index < -0.39 is 5.79 Å². The molecule has 184 valence electrons. The minimum Gasteiger partial charge on any atom is -0.240 e. The number of hydrogen-bond donors (Lipinski definition) is 0. The fourth-order valence-electron chi connectivity index (χ4n) is 7.66. The van der Waals surface area contributed by atoms with Crippen LogP contribution in [0.4, 0.5) is 11.6 Å². The summed E-state index contributed by atoms with van der Waals surface area (Å²) in [6.07, 6.45) is 0. The first-order valence-electron chi connectivity index (χ1n) is 13.7. The third-order valence-electron chi connectivity index (χ3n) is 9.35. The van der Waals surface area contributed by atoms with Gasteiger partial charge in [0.05, 0.1) is 16.5 Å². The third-order valence-corrected chi connectivity index (χ3v) is 9.35. The zero-order valence-corrected chi connectivity index (χ0v) is 21.4. The van der Waals surface area contributed by atoms with Crippen LogP contribution in [-0.4, -0.2) is 25.4 Å². The Kier molecular flexibility index (Phi) is 3.00. The van der Waals surface area contributed by atoms with Crippen molar-refractivity contribution in [3.8, 4) is 0 Å². The molecule has 4 aliphatic rings. The zero-order chi connectivity index (χ0) is 25.9. The maximum atomic E-state index is 5.45. The second-order valence-electron chi connectivity index (χ2n) is 11.3. The van der Waals surface area contributed by atoms with E-state index in [0.717, 1.165) is 67.0 Å². The van der Waals surface area contributed by atoms with E-state index in [1.54, 1.807) is 0 Å². The average Bonchev–Trinajstić information content (AvgIpc) is 3.61. The van der Waals surface area contributed by atoms with Crippen molar-refractivity contribution in [2.24, 2.45) is 15.0 Å². The monoisotopic (exact) mass is 511 g/mol. The Morgan fingerprint density at radius 2 is 1.25 bits per heavy atom. The average molecular weight is 512 g/mol. The van der Waals surface area contributed by atoms with E-state index in [9.17, 15) is 0 Å². The van der Waals surface area contributed by atoms with Crippen LogP contribution in [0, 0.1) is 0 Å². The molecule has 40 heavy (non-hydrogen) atoms. The van der Waals surface area contributed by atoms with E-state index in [1.165, 1.54) is 21.5 Å². The molecule has 0 amide bonds. The van der Waals surface area contributed by atoms with E-state index in [0.29, 0.717) is 0 Å². The number of rotatable bonds is 0. The fourth-order valence-corrected chi connectivity index (χ4v) is 7.66. The first-order valence-corrected chi connectivity index (χ1v) is 13.7. The number of nitrogens with zero attached hydrogens (tertiary/aromatic N) is 6. The molecule has 5 aromatic carbocycles. The number of benzene rings is 5. The molecular formula is C34H19N6+. The Morgan fingerprint density at radius 3 is 2.05 bits per heavy atom. The fraction of sp³-hybridized carbons (Fsp3) is 0.0588. The molecule has 0 aliphatic carbocycles. The normalized spacial score (nSPS) is 19.2. The highest BCUT2D eigenvalue weighted by Crippen LogP contribution is 2.50. The van der Waals surface area contributed by atoms with Gasteiger partial charge in [-0.05, 0) is 51.9 Å². The van der Waals surface area contributed by atoms with Crippen molar-refractivity contribution in [3.05, 3.63) is 119 Å². The molecule has 6 nitrogen and oxygen atoms in total. The summed E-state index contributed by atoms with van der Waals surface area (Å²) in [5.41, 5.74) is 4.14. The summed E-state index contributed by atoms with van der Waals surface area (Å²) in [5.74, 6) is 3.16. The number of aromatic nitrogens is 2. The van der Waals surface area contributed by atoms with Gasteiger partial charge in [-0.1, -0.05) is 76.7 Å². The standard InChI is InChI=1S/C34H19N6/c1-34-38-28-22-12-6-7-13-23(22)29(38)37-33-27-21-11-5-4-8-18(21)14-15-24(27)30(40(33)34)36-32-26-17-20-10-3-2-9-19(20)16-25(26)31(35-28)39(32)34/h2-17H,1H3/q+1/t34-/m0/s1. The Bertz CT molecular complexity index is 2610. The molecule has 0 saturated carbocycles. The minimum atomic E-state index is -0.643. The van der Waals surface area contributed by atoms with Crippen molar-refractivity contribution >= 4 is 66.4 Å². The Labute approximate surface area is 226 Å². The SMILES string of the molecule is C[C@]12n3c4c5ccc6ccccc6c5c3N=C3c5ccccc5C(=[N+]31)N=c1c3cc5ccccc5cc3c(n12)=N4. The van der Waals surface area contributed by atoms with Crippen molar-refractivity contribution in [1.82, 2.24) is 9.13 Å². The molecule has 6 heteroatoms. The largest absolute Gasteiger partial charge is 0.277 e. The molecule has 4 aliphatic heterocycles. The molecular weight excluding hydrogens is 492 g/mol. The van der Waals surface area contributed by atoms with Gasteiger partial charge in [0.25, 0.3) is 17.5 Å². The highest BCUT2D eigenvalue weighted by molar-refractivity contribution is 6.20. The molecule has 0 N–H and O–H groups in total. The predicted octanol–water partition coefficient (Wildman–Crippen LogP) is 5.84. The number of fused-ring (bicyclic) bond motifs is 12. The van der Waals surface area contributed by atoms with E-state index in [-0.39, 0.29) is 0 Å². The van der Waals surface area contributed by atoms with Crippen LogP contribution in [0.2, 0.25) is 0 Å². The maximum Gasteiger partial charge on any atom is 0.277 e. The van der Waals surface area contributed by atoms with Crippen molar-refractivity contribution in [1.29, 1.82) is 0 Å². The van der Waals surface area contributed by atoms with Crippen molar-refractivity contribution in [3.63, 3.8) is 0 Å². The lowest BCUT2D eigenvalue weighted by atomic mass is 10.0. The lowest BCUT2D eigenvalue weighted by Gasteiger charge is -2.38. The lowest BCUT2D eigenvalue weighted by Crippen LogP contribution is -2.62. The predicted molar refractivity (Wildman–Crippen MR) is 157 cm³/mol. The Balaban J connectivity index is 1.46. The van der Waals surface area contributed by atoms with Gasteiger partial charge in [0.2, 0.25) is 11.3 Å². The zero-order valence-electron chi connectivity index (χ0n) is 21.4. The van der Waals surface area contributed by atoms with Gasteiger partial charge in [-0.15, -0.1) is 0 Å². The van der Waals surface area contributed by atoms with Crippen LogP contribution in [0.15, 0.2) is 112 Å². The Morgan fingerprint density at radius 1 is 0.575 bits per heavy atom. The van der Waals surface area contributed by atoms with Crippen LogP contribution in [0.25, 0.3) is 43.1 Å². The van der Waals surface area contributed by atoms with Gasteiger partial charge in [-0.25, -0.2) is 14.1 Å². The molecule has 0 unspecified atom stereocenters. The minimum absolute atomic E-state index is 0.643. The van der Waals surface area contributed by atoms with E-state index in [1.807, 2.05) is 0 Å². The van der Waals surface area contributed by atoms with Gasteiger partial charge in [-0.3, -0.25) is 0 Å². The van der Waals surface area contributed by atoms with Gasteiger partial charge in [0, 0.05) is 23.1 Å². The van der Waals surface area contributed by atoms with Gasteiger partial charge >= 0.3 is 0 Å². The summed E-state index contributed by atoms with van der Waals surface area (Å²) >= 11 is 0. The number of hydrogen-bond acceptors (Lipinski definition) is 3. The molecule has 0 spiro atoms. The maximum absolute atomic E-state index is 5.45. The molecule has 0 radical (unpaired) electrons. The van der Waals surface area contributed by atoms with Crippen LogP contribution in [0.3, 0.4) is 0 Å². The first kappa shape index (κ1) is 19.7. The second-order valence-corrected chi connectivity index (χ2v) is 11.3. The first-order chi connectivity index (χ1) is 19.7. The van der Waals surface area contributed by atoms with Crippen molar-refractivity contribution in [2.45, 2.75) is 12.7 Å². The summed E-state index contributed by atoms with van der Waals surface area (Å²) in [6, 6.07) is 34.7. The van der Waals surface area contributed by atoms with Crippen molar-refractivity contribution in [2.75, 3.05) is 0 Å².